The van der Waals surface area contributed by atoms with Gasteiger partial charge >= 0.3 is 0 Å². The maximum Gasteiger partial charge on any atom is 0.286 e. The van der Waals surface area contributed by atoms with Crippen LogP contribution < -0.4 is 11.1 Å². The SMILES string of the molecule is NC1=NC(=O)/C(=C\c2cn(CC(=O)Nc3ccccc3)c3ccccc23)S1. The lowest BCUT2D eigenvalue weighted by Crippen LogP contribution is -2.18. The summed E-state index contributed by atoms with van der Waals surface area (Å²) in [5.74, 6) is -0.462. The molecule has 3 aromatic rings. The van der Waals surface area contributed by atoms with Gasteiger partial charge in [0.25, 0.3) is 5.91 Å². The molecule has 27 heavy (non-hydrogen) atoms. The highest BCUT2D eigenvalue weighted by Gasteiger charge is 2.20. The van der Waals surface area contributed by atoms with E-state index in [1.165, 1.54) is 0 Å². The summed E-state index contributed by atoms with van der Waals surface area (Å²) in [6, 6.07) is 17.1. The van der Waals surface area contributed by atoms with E-state index in [2.05, 4.69) is 10.3 Å². The predicted molar refractivity (Wildman–Crippen MR) is 109 cm³/mol. The Morgan fingerprint density at radius 1 is 1.15 bits per heavy atom. The number of aliphatic imine (C=N–C) groups is 1. The molecule has 2 aromatic carbocycles. The van der Waals surface area contributed by atoms with Gasteiger partial charge in [-0.15, -0.1) is 0 Å². The number of amidine groups is 1. The number of nitrogens with one attached hydrogen (secondary N) is 1. The second-order valence-electron chi connectivity index (χ2n) is 6.01. The van der Waals surface area contributed by atoms with Gasteiger partial charge in [-0.25, -0.2) is 0 Å². The largest absolute Gasteiger partial charge is 0.378 e. The first-order chi connectivity index (χ1) is 13.1. The van der Waals surface area contributed by atoms with Crippen molar-refractivity contribution in [2.45, 2.75) is 6.54 Å². The van der Waals surface area contributed by atoms with Crippen LogP contribution in [0, 0.1) is 0 Å². The van der Waals surface area contributed by atoms with E-state index in [4.69, 9.17) is 5.73 Å². The molecule has 3 N–H and O–H groups in total. The van der Waals surface area contributed by atoms with Crippen molar-refractivity contribution in [3.8, 4) is 0 Å². The Bertz CT molecular complexity index is 1100. The third-order valence-electron chi connectivity index (χ3n) is 4.11. The van der Waals surface area contributed by atoms with Crippen molar-refractivity contribution < 1.29 is 9.59 Å². The molecule has 1 aliphatic heterocycles. The van der Waals surface area contributed by atoms with Crippen LogP contribution >= 0.6 is 11.8 Å². The first kappa shape index (κ1) is 17.1. The third kappa shape index (κ3) is 3.63. The van der Waals surface area contributed by atoms with Crippen molar-refractivity contribution in [2.75, 3.05) is 5.32 Å². The van der Waals surface area contributed by atoms with Gasteiger partial charge in [0.2, 0.25) is 5.91 Å². The molecule has 2 heterocycles. The predicted octanol–water partition coefficient (Wildman–Crippen LogP) is 3.21. The maximum absolute atomic E-state index is 12.4. The summed E-state index contributed by atoms with van der Waals surface area (Å²) in [7, 11) is 0. The number of hydrogen-bond donors (Lipinski definition) is 2. The van der Waals surface area contributed by atoms with Gasteiger partial charge < -0.3 is 15.6 Å². The molecule has 0 unspecified atom stereocenters. The van der Waals surface area contributed by atoms with Crippen molar-refractivity contribution in [3.63, 3.8) is 0 Å². The molecule has 1 aliphatic rings. The molecule has 1 aromatic heterocycles. The first-order valence-electron chi connectivity index (χ1n) is 8.31. The molecule has 7 heteroatoms. The van der Waals surface area contributed by atoms with E-state index >= 15 is 0 Å². The van der Waals surface area contributed by atoms with Crippen LogP contribution in [0.2, 0.25) is 0 Å². The number of hydrogen-bond acceptors (Lipinski definition) is 4. The fourth-order valence-electron chi connectivity index (χ4n) is 2.96. The minimum absolute atomic E-state index is 0.125. The number of anilines is 1. The van der Waals surface area contributed by atoms with Gasteiger partial charge in [0.05, 0.1) is 4.91 Å². The standard InChI is InChI=1S/C20H16N4O2S/c21-20-23-19(26)17(27-20)10-13-11-24(16-9-5-4-8-15(13)16)12-18(25)22-14-6-2-1-3-7-14/h1-11H,12H2,(H,22,25)(H2,21,23,26)/b17-10+. The Kier molecular flexibility index (Phi) is 4.52. The number of carbonyl (C=O) groups excluding carboxylic acids is 2. The Hall–Kier alpha value is -3.32. The summed E-state index contributed by atoms with van der Waals surface area (Å²) >= 11 is 1.15. The van der Waals surface area contributed by atoms with Crippen molar-refractivity contribution in [1.29, 1.82) is 0 Å². The first-order valence-corrected chi connectivity index (χ1v) is 9.12. The average Bonchev–Trinajstić information content (AvgIpc) is 3.16. The third-order valence-corrected chi connectivity index (χ3v) is 4.93. The van der Waals surface area contributed by atoms with Crippen molar-refractivity contribution >= 4 is 51.4 Å². The maximum atomic E-state index is 12.4. The molecule has 0 spiro atoms. The lowest BCUT2D eigenvalue weighted by atomic mass is 10.1. The average molecular weight is 376 g/mol. The number of amides is 2. The van der Waals surface area contributed by atoms with E-state index < -0.39 is 0 Å². The summed E-state index contributed by atoms with van der Waals surface area (Å²) in [5.41, 5.74) is 8.13. The molecule has 0 bridgehead atoms. The Morgan fingerprint density at radius 2 is 1.89 bits per heavy atom. The number of aromatic nitrogens is 1. The number of rotatable bonds is 4. The summed E-state index contributed by atoms with van der Waals surface area (Å²) in [4.78, 5) is 28.5. The summed E-state index contributed by atoms with van der Waals surface area (Å²) in [5, 5.41) is 4.08. The number of nitrogens with zero attached hydrogens (tertiary/aromatic N) is 2. The number of para-hydroxylation sites is 2. The number of thioether (sulfide) groups is 1. The molecule has 0 radical (unpaired) electrons. The highest BCUT2D eigenvalue weighted by atomic mass is 32.2. The van der Waals surface area contributed by atoms with Crippen molar-refractivity contribution in [1.82, 2.24) is 4.57 Å². The van der Waals surface area contributed by atoms with E-state index in [1.54, 1.807) is 6.08 Å². The number of benzene rings is 2. The molecule has 4 rings (SSSR count). The van der Waals surface area contributed by atoms with E-state index in [1.807, 2.05) is 65.4 Å². The summed E-state index contributed by atoms with van der Waals surface area (Å²) < 4.78 is 1.87. The fourth-order valence-corrected chi connectivity index (χ4v) is 3.64. The van der Waals surface area contributed by atoms with Crippen LogP contribution in [0.25, 0.3) is 17.0 Å². The Balaban J connectivity index is 1.63. The molecule has 0 aliphatic carbocycles. The Morgan fingerprint density at radius 3 is 2.63 bits per heavy atom. The number of carbonyl (C=O) groups is 2. The molecule has 2 amide bonds. The zero-order valence-electron chi connectivity index (χ0n) is 14.3. The van der Waals surface area contributed by atoms with Crippen LogP contribution in [-0.4, -0.2) is 21.5 Å². The minimum atomic E-state index is -0.337. The van der Waals surface area contributed by atoms with E-state index in [-0.39, 0.29) is 23.5 Å². The lowest BCUT2D eigenvalue weighted by molar-refractivity contribution is -0.116. The zero-order chi connectivity index (χ0) is 18.8. The van der Waals surface area contributed by atoms with Gasteiger partial charge in [0, 0.05) is 28.4 Å². The molecule has 0 saturated carbocycles. The second-order valence-corrected chi connectivity index (χ2v) is 7.07. The van der Waals surface area contributed by atoms with Gasteiger partial charge in [-0.3, -0.25) is 9.59 Å². The molecule has 0 saturated heterocycles. The molecule has 6 nitrogen and oxygen atoms in total. The van der Waals surface area contributed by atoms with Gasteiger partial charge in [0.1, 0.15) is 6.54 Å². The zero-order valence-corrected chi connectivity index (χ0v) is 15.1. The highest BCUT2D eigenvalue weighted by molar-refractivity contribution is 8.18. The van der Waals surface area contributed by atoms with Crippen molar-refractivity contribution in [3.05, 3.63) is 71.3 Å². The quantitative estimate of drug-likeness (QED) is 0.684. The van der Waals surface area contributed by atoms with Crippen LogP contribution in [0.3, 0.4) is 0 Å². The second kappa shape index (κ2) is 7.13. The van der Waals surface area contributed by atoms with Gasteiger partial charge in [-0.2, -0.15) is 4.99 Å². The van der Waals surface area contributed by atoms with Crippen LogP contribution in [0.5, 0.6) is 0 Å². The van der Waals surface area contributed by atoms with Crippen molar-refractivity contribution in [2.24, 2.45) is 10.7 Å². The van der Waals surface area contributed by atoms with E-state index in [0.717, 1.165) is 33.9 Å². The summed E-state index contributed by atoms with van der Waals surface area (Å²) in [6.07, 6.45) is 3.63. The van der Waals surface area contributed by atoms with Gasteiger partial charge in [0.15, 0.2) is 5.17 Å². The van der Waals surface area contributed by atoms with Crippen LogP contribution in [-0.2, 0) is 16.1 Å². The molecule has 0 fully saturated rings. The monoisotopic (exact) mass is 376 g/mol. The van der Waals surface area contributed by atoms with Crippen LogP contribution in [0.1, 0.15) is 5.56 Å². The molecule has 134 valence electrons. The fraction of sp³-hybridized carbons (Fsp3) is 0.0500. The van der Waals surface area contributed by atoms with Crippen LogP contribution in [0.4, 0.5) is 5.69 Å². The van der Waals surface area contributed by atoms with E-state index in [9.17, 15) is 9.59 Å². The summed E-state index contributed by atoms with van der Waals surface area (Å²) in [6.45, 7) is 0.165. The van der Waals surface area contributed by atoms with E-state index in [0.29, 0.717) is 4.91 Å². The molecular formula is C20H16N4O2S. The smallest absolute Gasteiger partial charge is 0.286 e. The van der Waals surface area contributed by atoms with Gasteiger partial charge in [-0.05, 0) is 36.0 Å². The van der Waals surface area contributed by atoms with Crippen LogP contribution in [0.15, 0.2) is 70.7 Å². The number of fused-ring (bicyclic) bond motifs is 1. The highest BCUT2D eigenvalue weighted by Crippen LogP contribution is 2.30. The lowest BCUT2D eigenvalue weighted by Gasteiger charge is -2.07. The minimum Gasteiger partial charge on any atom is -0.378 e. The Labute approximate surface area is 159 Å². The number of nitrogens with two attached hydrogens (primary N) is 1. The normalized spacial score (nSPS) is 15.3. The molecule has 0 atom stereocenters. The van der Waals surface area contributed by atoms with Gasteiger partial charge in [-0.1, -0.05) is 36.4 Å². The molecular weight excluding hydrogens is 360 g/mol. The topological polar surface area (TPSA) is 89.5 Å².